The fraction of sp³-hybridized carbons (Fsp3) is 0.867. The molecule has 0 aliphatic heterocycles. The summed E-state index contributed by atoms with van der Waals surface area (Å²) in [7, 11) is 0. The maximum Gasteiger partial charge on any atom is 0.304 e. The molecule has 118 valence electrons. The molecule has 0 spiro atoms. The minimum atomic E-state index is -0.898. The van der Waals surface area contributed by atoms with E-state index in [0.717, 1.165) is 25.0 Å². The highest BCUT2D eigenvalue weighted by molar-refractivity contribution is 7.80. The van der Waals surface area contributed by atoms with Crippen molar-refractivity contribution in [2.45, 2.75) is 64.7 Å². The number of carbonyl (C=O) groups excluding carboxylic acids is 1. The molecule has 0 aliphatic rings. The van der Waals surface area contributed by atoms with Gasteiger partial charge in [0.15, 0.2) is 0 Å². The average Bonchev–Trinajstić information content (AvgIpc) is 2.41. The largest absolute Gasteiger partial charge is 0.481 e. The highest BCUT2D eigenvalue weighted by atomic mass is 32.1. The lowest BCUT2D eigenvalue weighted by Crippen LogP contribution is -2.33. The molecule has 0 aromatic rings. The Morgan fingerprint density at radius 3 is 2.35 bits per heavy atom. The maximum absolute atomic E-state index is 11.9. The van der Waals surface area contributed by atoms with Crippen molar-refractivity contribution in [3.05, 3.63) is 0 Å². The van der Waals surface area contributed by atoms with Crippen molar-refractivity contribution in [3.8, 4) is 0 Å². The summed E-state index contributed by atoms with van der Waals surface area (Å²) < 4.78 is 0. The Bertz CT molecular complexity index is 272. The second-order valence-electron chi connectivity index (χ2n) is 5.22. The number of rotatable bonds is 13. The second kappa shape index (κ2) is 13.3. The molecular weight excluding hydrogens is 274 g/mol. The molecule has 5 heteroatoms. The summed E-state index contributed by atoms with van der Waals surface area (Å²) in [5.41, 5.74) is 0. The molecular formula is C15H29NO3S. The summed E-state index contributed by atoms with van der Waals surface area (Å²) >= 11 is 4.08. The molecule has 2 N–H and O–H groups in total. The molecule has 0 aromatic heterocycles. The standard InChI is InChI=1S/C15H29NO3S/c1-2-3-4-5-6-7-9-13(12-14(17)18)15(19)16-10-8-11-20/h13,20H,2-12H2,1H3,(H,16,19)(H,17,18). The van der Waals surface area contributed by atoms with E-state index in [1.165, 1.54) is 25.7 Å². The van der Waals surface area contributed by atoms with Gasteiger partial charge in [0.25, 0.3) is 0 Å². The fourth-order valence-corrected chi connectivity index (χ4v) is 2.30. The monoisotopic (exact) mass is 303 g/mol. The van der Waals surface area contributed by atoms with E-state index in [4.69, 9.17) is 5.11 Å². The van der Waals surface area contributed by atoms with Crippen LogP contribution in [-0.4, -0.2) is 29.3 Å². The van der Waals surface area contributed by atoms with Crippen LogP contribution in [0.4, 0.5) is 0 Å². The van der Waals surface area contributed by atoms with Gasteiger partial charge in [-0.2, -0.15) is 12.6 Å². The SMILES string of the molecule is CCCCCCCCC(CC(=O)O)C(=O)NCCCS. The van der Waals surface area contributed by atoms with Gasteiger partial charge >= 0.3 is 5.97 Å². The number of hydrogen-bond acceptors (Lipinski definition) is 3. The van der Waals surface area contributed by atoms with Crippen molar-refractivity contribution in [3.63, 3.8) is 0 Å². The second-order valence-corrected chi connectivity index (χ2v) is 5.67. The topological polar surface area (TPSA) is 66.4 Å². The van der Waals surface area contributed by atoms with Crippen molar-refractivity contribution >= 4 is 24.5 Å². The average molecular weight is 303 g/mol. The van der Waals surface area contributed by atoms with E-state index < -0.39 is 11.9 Å². The maximum atomic E-state index is 11.9. The van der Waals surface area contributed by atoms with E-state index in [2.05, 4.69) is 24.9 Å². The first kappa shape index (κ1) is 19.3. The molecule has 20 heavy (non-hydrogen) atoms. The van der Waals surface area contributed by atoms with Gasteiger partial charge in [-0.1, -0.05) is 45.4 Å². The Hall–Kier alpha value is -0.710. The Balaban J connectivity index is 3.94. The molecule has 1 unspecified atom stereocenters. The number of nitrogens with one attached hydrogen (secondary N) is 1. The minimum Gasteiger partial charge on any atom is -0.481 e. The third-order valence-corrected chi connectivity index (χ3v) is 3.65. The van der Waals surface area contributed by atoms with Crippen molar-refractivity contribution in [1.82, 2.24) is 5.32 Å². The summed E-state index contributed by atoms with van der Waals surface area (Å²) in [5, 5.41) is 11.7. The highest BCUT2D eigenvalue weighted by Crippen LogP contribution is 2.16. The number of hydrogen-bond donors (Lipinski definition) is 3. The number of aliphatic carboxylic acids is 1. The van der Waals surface area contributed by atoms with Gasteiger partial charge in [0.2, 0.25) is 5.91 Å². The summed E-state index contributed by atoms with van der Waals surface area (Å²) in [4.78, 5) is 22.7. The first-order valence-corrected chi connectivity index (χ1v) is 8.35. The minimum absolute atomic E-state index is 0.0678. The zero-order chi connectivity index (χ0) is 15.2. The van der Waals surface area contributed by atoms with E-state index in [1.54, 1.807) is 0 Å². The molecule has 0 bridgehead atoms. The molecule has 0 radical (unpaired) electrons. The molecule has 0 rings (SSSR count). The molecule has 0 aliphatic carbocycles. The number of carbonyl (C=O) groups is 2. The Kier molecular flexibility index (Phi) is 12.8. The van der Waals surface area contributed by atoms with Crippen LogP contribution in [0.1, 0.15) is 64.7 Å². The van der Waals surface area contributed by atoms with Crippen LogP contribution in [0, 0.1) is 5.92 Å². The molecule has 1 amide bonds. The predicted octanol–water partition coefficient (Wildman–Crippen LogP) is 3.26. The van der Waals surface area contributed by atoms with Gasteiger partial charge in [-0.3, -0.25) is 9.59 Å². The van der Waals surface area contributed by atoms with E-state index in [-0.39, 0.29) is 12.3 Å². The third-order valence-electron chi connectivity index (χ3n) is 3.33. The van der Waals surface area contributed by atoms with Gasteiger partial charge in [-0.15, -0.1) is 0 Å². The Morgan fingerprint density at radius 1 is 1.10 bits per heavy atom. The van der Waals surface area contributed by atoms with Crippen molar-refractivity contribution in [2.24, 2.45) is 5.92 Å². The van der Waals surface area contributed by atoms with Gasteiger partial charge in [0.05, 0.1) is 6.42 Å². The fourth-order valence-electron chi connectivity index (χ4n) is 2.14. The molecule has 0 heterocycles. The number of carboxylic acid groups (broad SMARTS) is 1. The zero-order valence-electron chi connectivity index (χ0n) is 12.6. The summed E-state index contributed by atoms with van der Waals surface area (Å²) in [6.07, 6.45) is 8.31. The molecule has 0 saturated carbocycles. The van der Waals surface area contributed by atoms with Crippen LogP contribution in [-0.2, 0) is 9.59 Å². The van der Waals surface area contributed by atoms with Crippen LogP contribution in [0.3, 0.4) is 0 Å². The normalized spacial score (nSPS) is 12.1. The lowest BCUT2D eigenvalue weighted by molar-refractivity contribution is -0.141. The number of carboxylic acids is 1. The molecule has 4 nitrogen and oxygen atoms in total. The molecule has 0 aromatic carbocycles. The van der Waals surface area contributed by atoms with E-state index >= 15 is 0 Å². The Labute approximate surface area is 128 Å². The van der Waals surface area contributed by atoms with Gasteiger partial charge < -0.3 is 10.4 Å². The first-order valence-electron chi connectivity index (χ1n) is 7.72. The van der Waals surface area contributed by atoms with E-state index in [1.807, 2.05) is 0 Å². The van der Waals surface area contributed by atoms with Crippen LogP contribution in [0.2, 0.25) is 0 Å². The van der Waals surface area contributed by atoms with Gasteiger partial charge in [-0.25, -0.2) is 0 Å². The zero-order valence-corrected chi connectivity index (χ0v) is 13.5. The molecule has 0 fully saturated rings. The van der Waals surface area contributed by atoms with Crippen LogP contribution in [0.5, 0.6) is 0 Å². The van der Waals surface area contributed by atoms with Crippen molar-refractivity contribution in [2.75, 3.05) is 12.3 Å². The lowest BCUT2D eigenvalue weighted by atomic mass is 9.96. The number of thiol groups is 1. The summed E-state index contributed by atoms with van der Waals surface area (Å²) in [6.45, 7) is 2.76. The van der Waals surface area contributed by atoms with E-state index in [9.17, 15) is 9.59 Å². The van der Waals surface area contributed by atoms with Crippen LogP contribution < -0.4 is 5.32 Å². The van der Waals surface area contributed by atoms with Gasteiger partial charge in [0, 0.05) is 12.5 Å². The van der Waals surface area contributed by atoms with Gasteiger partial charge in [-0.05, 0) is 18.6 Å². The summed E-state index contributed by atoms with van der Waals surface area (Å²) in [6, 6.07) is 0. The summed E-state index contributed by atoms with van der Waals surface area (Å²) in [5.74, 6) is -0.687. The lowest BCUT2D eigenvalue weighted by Gasteiger charge is -2.14. The van der Waals surface area contributed by atoms with Crippen molar-refractivity contribution < 1.29 is 14.7 Å². The third kappa shape index (κ3) is 11.1. The first-order chi connectivity index (χ1) is 9.61. The van der Waals surface area contributed by atoms with Crippen LogP contribution in [0.15, 0.2) is 0 Å². The van der Waals surface area contributed by atoms with Crippen molar-refractivity contribution in [1.29, 1.82) is 0 Å². The number of unbranched alkanes of at least 4 members (excludes halogenated alkanes) is 5. The molecule has 0 saturated heterocycles. The van der Waals surface area contributed by atoms with Crippen LogP contribution >= 0.6 is 12.6 Å². The smallest absolute Gasteiger partial charge is 0.304 e. The number of amides is 1. The Morgan fingerprint density at radius 2 is 1.75 bits per heavy atom. The van der Waals surface area contributed by atoms with Gasteiger partial charge in [0.1, 0.15) is 0 Å². The van der Waals surface area contributed by atoms with E-state index in [0.29, 0.717) is 13.0 Å². The highest BCUT2D eigenvalue weighted by Gasteiger charge is 2.20. The van der Waals surface area contributed by atoms with Crippen LogP contribution in [0.25, 0.3) is 0 Å². The quantitative estimate of drug-likeness (QED) is 0.361. The predicted molar refractivity (Wildman–Crippen MR) is 85.2 cm³/mol. The molecule has 1 atom stereocenters.